The molecular weight excluding hydrogens is 460 g/mol. The van der Waals surface area contributed by atoms with Gasteiger partial charge in [-0.2, -0.15) is 0 Å². The molecule has 1 aromatic carbocycles. The Morgan fingerprint density at radius 1 is 1.19 bits per heavy atom. The van der Waals surface area contributed by atoms with Gasteiger partial charge in [0.2, 0.25) is 0 Å². The van der Waals surface area contributed by atoms with Crippen LogP contribution < -0.4 is 9.46 Å². The Hall–Kier alpha value is -2.36. The number of sulfonamides is 1. The van der Waals surface area contributed by atoms with Gasteiger partial charge < -0.3 is 9.26 Å². The molecule has 0 aliphatic heterocycles. The molecule has 10 heteroatoms. The molecule has 31 heavy (non-hydrogen) atoms. The van der Waals surface area contributed by atoms with Crippen LogP contribution in [-0.4, -0.2) is 26.5 Å². The third-order valence-electron chi connectivity index (χ3n) is 5.06. The first-order chi connectivity index (χ1) is 14.5. The number of carbonyl (C=O) groups excluding carboxylic acids is 1. The van der Waals surface area contributed by atoms with E-state index in [1.807, 2.05) is 26.8 Å². The van der Waals surface area contributed by atoms with Crippen LogP contribution in [0, 0.1) is 34.6 Å². The molecule has 0 unspecified atom stereocenters. The number of nitrogens with one attached hydrogen (secondary N) is 1. The highest BCUT2D eigenvalue weighted by Crippen LogP contribution is 2.34. The summed E-state index contributed by atoms with van der Waals surface area (Å²) in [6, 6.07) is 1.96. The number of hydrogen-bond donors (Lipinski definition) is 1. The normalized spacial score (nSPS) is 11.6. The summed E-state index contributed by atoms with van der Waals surface area (Å²) in [6.45, 7) is 9.00. The molecule has 2 aromatic heterocycles. The van der Waals surface area contributed by atoms with Gasteiger partial charge >= 0.3 is 0 Å². The van der Waals surface area contributed by atoms with E-state index in [1.54, 1.807) is 26.3 Å². The SMILES string of the molecule is COc1c(C)cc(C)c(CC(=O)c2scc(C)c2S(=O)(=O)Nc2onc(C)c2Cl)c1C. The van der Waals surface area contributed by atoms with Crippen LogP contribution in [0.3, 0.4) is 0 Å². The fourth-order valence-electron chi connectivity index (χ4n) is 3.59. The van der Waals surface area contributed by atoms with Crippen LogP contribution in [0.25, 0.3) is 0 Å². The molecule has 0 saturated carbocycles. The van der Waals surface area contributed by atoms with Gasteiger partial charge in [0.25, 0.3) is 15.9 Å². The second-order valence-electron chi connectivity index (χ2n) is 7.34. The molecule has 3 aromatic rings. The number of halogens is 1. The topological polar surface area (TPSA) is 98.5 Å². The van der Waals surface area contributed by atoms with Crippen LogP contribution in [0.1, 0.15) is 43.2 Å². The molecule has 0 amide bonds. The van der Waals surface area contributed by atoms with E-state index in [0.717, 1.165) is 39.3 Å². The van der Waals surface area contributed by atoms with E-state index >= 15 is 0 Å². The van der Waals surface area contributed by atoms with Crippen molar-refractivity contribution in [3.8, 4) is 5.75 Å². The average molecular weight is 483 g/mol. The molecule has 0 bridgehead atoms. The Balaban J connectivity index is 1.99. The van der Waals surface area contributed by atoms with Crippen LogP contribution in [0.4, 0.5) is 5.88 Å². The molecule has 0 aliphatic rings. The highest BCUT2D eigenvalue weighted by molar-refractivity contribution is 7.93. The Labute approximate surface area is 190 Å². The monoisotopic (exact) mass is 482 g/mol. The maximum atomic E-state index is 13.2. The molecule has 0 saturated heterocycles. The lowest BCUT2D eigenvalue weighted by atomic mass is 9.94. The highest BCUT2D eigenvalue weighted by atomic mass is 35.5. The van der Waals surface area contributed by atoms with E-state index in [1.165, 1.54) is 0 Å². The minimum atomic E-state index is -4.12. The number of aromatic nitrogens is 1. The maximum absolute atomic E-state index is 13.2. The second-order valence-corrected chi connectivity index (χ2v) is 10.2. The van der Waals surface area contributed by atoms with E-state index < -0.39 is 10.0 Å². The minimum Gasteiger partial charge on any atom is -0.496 e. The molecule has 2 heterocycles. The number of ketones is 1. The molecule has 166 valence electrons. The van der Waals surface area contributed by atoms with Gasteiger partial charge in [-0.1, -0.05) is 22.8 Å². The number of carbonyl (C=O) groups is 1. The van der Waals surface area contributed by atoms with Crippen molar-refractivity contribution in [2.24, 2.45) is 0 Å². The number of aryl methyl sites for hydroxylation is 4. The van der Waals surface area contributed by atoms with Crippen molar-refractivity contribution in [2.45, 2.75) is 45.9 Å². The summed E-state index contributed by atoms with van der Waals surface area (Å²) in [4.78, 5) is 13.3. The lowest BCUT2D eigenvalue weighted by Gasteiger charge is -2.16. The van der Waals surface area contributed by atoms with Crippen LogP contribution in [-0.2, 0) is 16.4 Å². The molecule has 1 N–H and O–H groups in total. The molecule has 3 rings (SSSR count). The highest BCUT2D eigenvalue weighted by Gasteiger charge is 2.29. The summed E-state index contributed by atoms with van der Waals surface area (Å²) in [6.07, 6.45) is 0.0545. The van der Waals surface area contributed by atoms with Crippen molar-refractivity contribution in [3.63, 3.8) is 0 Å². The van der Waals surface area contributed by atoms with Crippen molar-refractivity contribution < 1.29 is 22.5 Å². The van der Waals surface area contributed by atoms with Gasteiger partial charge in [0.05, 0.1) is 12.0 Å². The molecular formula is C21H23ClN2O5S2. The van der Waals surface area contributed by atoms with Crippen molar-refractivity contribution in [1.29, 1.82) is 0 Å². The Morgan fingerprint density at radius 2 is 1.87 bits per heavy atom. The first-order valence-corrected chi connectivity index (χ1v) is 12.1. The average Bonchev–Trinajstić information content (AvgIpc) is 3.23. The molecule has 0 radical (unpaired) electrons. The van der Waals surface area contributed by atoms with Crippen LogP contribution in [0.5, 0.6) is 5.75 Å². The number of anilines is 1. The van der Waals surface area contributed by atoms with Gasteiger partial charge in [-0.05, 0) is 67.8 Å². The summed E-state index contributed by atoms with van der Waals surface area (Å²) in [7, 11) is -2.53. The van der Waals surface area contributed by atoms with Crippen molar-refractivity contribution in [2.75, 3.05) is 11.8 Å². The van der Waals surface area contributed by atoms with Crippen molar-refractivity contribution >= 4 is 44.6 Å². The van der Waals surface area contributed by atoms with E-state index in [2.05, 4.69) is 9.88 Å². The maximum Gasteiger partial charge on any atom is 0.266 e. The van der Waals surface area contributed by atoms with E-state index in [4.69, 9.17) is 20.9 Å². The number of benzene rings is 1. The lowest BCUT2D eigenvalue weighted by Crippen LogP contribution is -2.17. The fraction of sp³-hybridized carbons (Fsp3) is 0.333. The van der Waals surface area contributed by atoms with Gasteiger partial charge in [0.15, 0.2) is 5.78 Å². The Bertz CT molecular complexity index is 1280. The van der Waals surface area contributed by atoms with Crippen molar-refractivity contribution in [3.05, 3.63) is 54.9 Å². The van der Waals surface area contributed by atoms with Gasteiger partial charge in [-0.15, -0.1) is 11.3 Å². The summed E-state index contributed by atoms with van der Waals surface area (Å²) < 4.78 is 38.9. The van der Waals surface area contributed by atoms with Crippen LogP contribution in [0.2, 0.25) is 5.02 Å². The number of thiophene rings is 1. The first kappa shape index (κ1) is 23.3. The van der Waals surface area contributed by atoms with Crippen LogP contribution in [0.15, 0.2) is 20.9 Å². The van der Waals surface area contributed by atoms with Crippen molar-refractivity contribution in [1.82, 2.24) is 5.16 Å². The molecule has 0 aliphatic carbocycles. The van der Waals surface area contributed by atoms with E-state index in [0.29, 0.717) is 11.3 Å². The zero-order chi connectivity index (χ0) is 23.1. The summed E-state index contributed by atoms with van der Waals surface area (Å²) in [5, 5.41) is 5.37. The number of methoxy groups -OCH3 is 1. The van der Waals surface area contributed by atoms with E-state index in [-0.39, 0.29) is 32.9 Å². The van der Waals surface area contributed by atoms with Gasteiger partial charge in [0.1, 0.15) is 21.4 Å². The summed E-state index contributed by atoms with van der Waals surface area (Å²) in [5.74, 6) is 0.245. The van der Waals surface area contributed by atoms with Gasteiger partial charge in [0, 0.05) is 6.42 Å². The summed E-state index contributed by atoms with van der Waals surface area (Å²) in [5.41, 5.74) is 4.44. The van der Waals surface area contributed by atoms with Gasteiger partial charge in [-0.25, -0.2) is 13.1 Å². The Morgan fingerprint density at radius 3 is 2.45 bits per heavy atom. The third kappa shape index (κ3) is 4.35. The number of hydrogen-bond acceptors (Lipinski definition) is 7. The largest absolute Gasteiger partial charge is 0.496 e. The smallest absolute Gasteiger partial charge is 0.266 e. The van der Waals surface area contributed by atoms with Gasteiger partial charge in [-0.3, -0.25) is 4.79 Å². The predicted molar refractivity (Wildman–Crippen MR) is 121 cm³/mol. The standard InChI is InChI=1S/C21H23ClN2O5S2/c1-10-7-11(2)18(28-6)13(4)15(10)8-16(25)19-20(12(3)9-30-19)31(26,27)24-21-17(22)14(5)23-29-21/h7,9,24H,8H2,1-6H3. The predicted octanol–water partition coefficient (Wildman–Crippen LogP) is 5.17. The number of ether oxygens (including phenoxy) is 1. The third-order valence-corrected chi connectivity index (χ3v) is 8.29. The molecule has 0 atom stereocenters. The molecule has 7 nitrogen and oxygen atoms in total. The minimum absolute atomic E-state index is 0.0545. The van der Waals surface area contributed by atoms with Crippen LogP contribution >= 0.6 is 22.9 Å². The fourth-order valence-corrected chi connectivity index (χ4v) is 6.52. The Kier molecular flexibility index (Phi) is 6.50. The summed E-state index contributed by atoms with van der Waals surface area (Å²) >= 11 is 7.14. The zero-order valence-electron chi connectivity index (χ0n) is 18.0. The van der Waals surface area contributed by atoms with E-state index in [9.17, 15) is 13.2 Å². The number of rotatable bonds is 7. The second kappa shape index (κ2) is 8.64. The lowest BCUT2D eigenvalue weighted by molar-refractivity contribution is 0.0993. The molecule has 0 spiro atoms. The zero-order valence-corrected chi connectivity index (χ0v) is 20.4. The molecule has 0 fully saturated rings. The number of nitrogens with zero attached hydrogens (tertiary/aromatic N) is 1. The number of Topliss-reactive ketones (excluding diaryl/α,β-unsaturated/α-hetero) is 1. The quantitative estimate of drug-likeness (QED) is 0.466. The first-order valence-electron chi connectivity index (χ1n) is 9.37.